The summed E-state index contributed by atoms with van der Waals surface area (Å²) in [5, 5.41) is 15.0. The lowest BCUT2D eigenvalue weighted by Crippen LogP contribution is -2.24. The van der Waals surface area contributed by atoms with E-state index in [4.69, 9.17) is 5.26 Å². The summed E-state index contributed by atoms with van der Waals surface area (Å²) in [6.07, 6.45) is 0.219. The van der Waals surface area contributed by atoms with Crippen molar-refractivity contribution < 1.29 is 9.59 Å². The molecular weight excluding hydrogens is 250 g/mol. The molecule has 1 aromatic rings. The first-order valence-corrected chi connectivity index (χ1v) is 6.42. The van der Waals surface area contributed by atoms with Crippen LogP contribution in [-0.4, -0.2) is 18.4 Å². The Morgan fingerprint density at radius 2 is 2.28 bits per heavy atom. The zero-order chi connectivity index (χ0) is 13.3. The third-order valence-corrected chi connectivity index (χ3v) is 4.20. The lowest BCUT2D eigenvalue weighted by molar-refractivity contribution is -0.123. The number of anilines is 1. The molecule has 6 heteroatoms. The average Bonchev–Trinajstić information content (AvgIpc) is 2.85. The van der Waals surface area contributed by atoms with Crippen molar-refractivity contribution in [3.05, 3.63) is 16.0 Å². The molecule has 0 saturated carbocycles. The number of nitrogens with zero attached hydrogens (tertiary/aromatic N) is 1. The van der Waals surface area contributed by atoms with Crippen LogP contribution in [0.25, 0.3) is 0 Å². The number of carbonyl (C=O) groups is 2. The molecule has 0 aromatic carbocycles. The quantitative estimate of drug-likeness (QED) is 0.844. The van der Waals surface area contributed by atoms with Gasteiger partial charge in [-0.25, -0.2) is 0 Å². The van der Waals surface area contributed by atoms with Crippen LogP contribution in [0.3, 0.4) is 0 Å². The van der Waals surface area contributed by atoms with Gasteiger partial charge < -0.3 is 10.6 Å². The van der Waals surface area contributed by atoms with Gasteiger partial charge in [-0.2, -0.15) is 5.26 Å². The van der Waals surface area contributed by atoms with E-state index in [0.717, 1.165) is 10.4 Å². The molecule has 2 heterocycles. The second-order valence-corrected chi connectivity index (χ2v) is 5.52. The van der Waals surface area contributed by atoms with Crippen molar-refractivity contribution in [1.82, 2.24) is 5.32 Å². The van der Waals surface area contributed by atoms with Gasteiger partial charge in [-0.3, -0.25) is 9.59 Å². The molecule has 0 aliphatic carbocycles. The van der Waals surface area contributed by atoms with Gasteiger partial charge in [0.05, 0.1) is 11.5 Å². The smallest absolute Gasteiger partial charge is 0.230 e. The van der Waals surface area contributed by atoms with Crippen molar-refractivity contribution in [2.75, 3.05) is 11.9 Å². The highest BCUT2D eigenvalue weighted by Crippen LogP contribution is 2.32. The highest BCUT2D eigenvalue weighted by atomic mass is 32.1. The van der Waals surface area contributed by atoms with Gasteiger partial charge in [0.25, 0.3) is 0 Å². The first-order chi connectivity index (χ1) is 8.52. The van der Waals surface area contributed by atoms with Crippen LogP contribution < -0.4 is 10.6 Å². The Balaban J connectivity index is 2.15. The molecule has 2 amide bonds. The van der Waals surface area contributed by atoms with Crippen LogP contribution in [0.2, 0.25) is 0 Å². The molecule has 1 aliphatic heterocycles. The van der Waals surface area contributed by atoms with Crippen molar-refractivity contribution in [3.63, 3.8) is 0 Å². The summed E-state index contributed by atoms with van der Waals surface area (Å²) in [6.45, 7) is 4.15. The molecule has 2 rings (SSSR count). The van der Waals surface area contributed by atoms with Crippen LogP contribution in [0, 0.1) is 31.1 Å². The number of aryl methyl sites for hydroxylation is 1. The summed E-state index contributed by atoms with van der Waals surface area (Å²) in [6, 6.07) is 2.10. The van der Waals surface area contributed by atoms with Crippen LogP contribution in [-0.2, 0) is 9.59 Å². The Kier molecular flexibility index (Phi) is 3.34. The first kappa shape index (κ1) is 12.6. The normalized spacial score (nSPS) is 18.3. The average molecular weight is 263 g/mol. The number of amides is 2. The first-order valence-electron chi connectivity index (χ1n) is 5.60. The minimum atomic E-state index is -0.341. The number of hydrogen-bond donors (Lipinski definition) is 2. The number of carbonyl (C=O) groups excluding carboxylic acids is 2. The number of thiophene rings is 1. The van der Waals surface area contributed by atoms with Gasteiger partial charge in [0.2, 0.25) is 11.8 Å². The van der Waals surface area contributed by atoms with Crippen molar-refractivity contribution in [1.29, 1.82) is 5.26 Å². The number of hydrogen-bond acceptors (Lipinski definition) is 4. The molecule has 94 valence electrons. The summed E-state index contributed by atoms with van der Waals surface area (Å²) >= 11 is 1.39. The van der Waals surface area contributed by atoms with Crippen LogP contribution in [0.5, 0.6) is 0 Å². The fourth-order valence-electron chi connectivity index (χ4n) is 1.85. The topological polar surface area (TPSA) is 82.0 Å². The summed E-state index contributed by atoms with van der Waals surface area (Å²) in [5.74, 6) is -0.646. The fourth-order valence-corrected chi connectivity index (χ4v) is 2.87. The molecule has 0 bridgehead atoms. The third-order valence-electron chi connectivity index (χ3n) is 3.08. The van der Waals surface area contributed by atoms with Gasteiger partial charge in [0, 0.05) is 17.8 Å². The van der Waals surface area contributed by atoms with Crippen LogP contribution in [0.4, 0.5) is 5.00 Å². The second kappa shape index (κ2) is 4.78. The lowest BCUT2D eigenvalue weighted by Gasteiger charge is -2.07. The Bertz CT molecular complexity index is 556. The zero-order valence-electron chi connectivity index (χ0n) is 10.2. The Hall–Kier alpha value is -1.87. The molecule has 0 spiro atoms. The zero-order valence-corrected chi connectivity index (χ0v) is 11.0. The molecule has 1 unspecified atom stereocenters. The van der Waals surface area contributed by atoms with Crippen LogP contribution >= 0.6 is 11.3 Å². The minimum absolute atomic E-state index is 0.103. The van der Waals surface area contributed by atoms with Crippen LogP contribution in [0.15, 0.2) is 0 Å². The SMILES string of the molecule is Cc1sc(NC(=O)C2CNC(=O)C2)c(C#N)c1C. The molecule has 1 atom stereocenters. The minimum Gasteiger partial charge on any atom is -0.355 e. The van der Waals surface area contributed by atoms with E-state index in [1.807, 2.05) is 13.8 Å². The molecule has 18 heavy (non-hydrogen) atoms. The van der Waals surface area contributed by atoms with E-state index in [-0.39, 0.29) is 24.2 Å². The van der Waals surface area contributed by atoms with E-state index < -0.39 is 0 Å². The molecule has 1 aromatic heterocycles. The number of nitrogens with one attached hydrogen (secondary N) is 2. The molecule has 1 saturated heterocycles. The summed E-state index contributed by atoms with van der Waals surface area (Å²) in [5.41, 5.74) is 1.42. The number of rotatable bonds is 2. The van der Waals surface area contributed by atoms with E-state index in [2.05, 4.69) is 16.7 Å². The molecular formula is C12H13N3O2S. The van der Waals surface area contributed by atoms with E-state index in [1.54, 1.807) is 0 Å². The maximum atomic E-state index is 11.9. The summed E-state index contributed by atoms with van der Waals surface area (Å²) in [4.78, 5) is 24.0. The van der Waals surface area contributed by atoms with Crippen molar-refractivity contribution in [2.45, 2.75) is 20.3 Å². The Morgan fingerprint density at radius 1 is 1.56 bits per heavy atom. The maximum absolute atomic E-state index is 11.9. The van der Waals surface area contributed by atoms with Gasteiger partial charge in [-0.15, -0.1) is 11.3 Å². The largest absolute Gasteiger partial charge is 0.355 e. The van der Waals surface area contributed by atoms with Gasteiger partial charge in [-0.1, -0.05) is 0 Å². The fraction of sp³-hybridized carbons (Fsp3) is 0.417. The predicted octanol–water partition coefficient (Wildman–Crippen LogP) is 1.31. The summed E-state index contributed by atoms with van der Waals surface area (Å²) < 4.78 is 0. The second-order valence-electron chi connectivity index (χ2n) is 4.29. The van der Waals surface area contributed by atoms with E-state index >= 15 is 0 Å². The highest BCUT2D eigenvalue weighted by Gasteiger charge is 2.28. The lowest BCUT2D eigenvalue weighted by atomic mass is 10.1. The van der Waals surface area contributed by atoms with Crippen molar-refractivity contribution in [3.8, 4) is 6.07 Å². The molecule has 1 fully saturated rings. The standard InChI is InChI=1S/C12H13N3O2S/c1-6-7(2)18-12(9(6)4-13)15-11(17)8-3-10(16)14-5-8/h8H,3,5H2,1-2H3,(H,14,16)(H,15,17). The van der Waals surface area contributed by atoms with Crippen LogP contribution in [0.1, 0.15) is 22.4 Å². The molecule has 2 N–H and O–H groups in total. The van der Waals surface area contributed by atoms with E-state index in [9.17, 15) is 9.59 Å². The molecule has 5 nitrogen and oxygen atoms in total. The highest BCUT2D eigenvalue weighted by molar-refractivity contribution is 7.16. The monoisotopic (exact) mass is 263 g/mol. The van der Waals surface area contributed by atoms with Gasteiger partial charge in [0.1, 0.15) is 11.1 Å². The number of nitriles is 1. The Morgan fingerprint density at radius 3 is 2.83 bits per heavy atom. The van der Waals surface area contributed by atoms with Gasteiger partial charge in [0.15, 0.2) is 0 Å². The van der Waals surface area contributed by atoms with Gasteiger partial charge >= 0.3 is 0 Å². The third kappa shape index (κ3) is 2.22. The van der Waals surface area contributed by atoms with Crippen molar-refractivity contribution in [2.24, 2.45) is 5.92 Å². The molecule has 1 aliphatic rings. The van der Waals surface area contributed by atoms with Crippen molar-refractivity contribution >= 4 is 28.2 Å². The summed E-state index contributed by atoms with van der Waals surface area (Å²) in [7, 11) is 0. The maximum Gasteiger partial charge on any atom is 0.230 e. The molecule has 0 radical (unpaired) electrons. The van der Waals surface area contributed by atoms with E-state index in [1.165, 1.54) is 11.3 Å². The van der Waals surface area contributed by atoms with Gasteiger partial charge in [-0.05, 0) is 19.4 Å². The Labute approximate surface area is 109 Å². The predicted molar refractivity (Wildman–Crippen MR) is 68.3 cm³/mol. The van der Waals surface area contributed by atoms with E-state index in [0.29, 0.717) is 17.1 Å².